The molecule has 0 unspecified atom stereocenters. The number of carbonyl (C=O) groups excluding carboxylic acids is 1. The number of hydrogen-bond acceptors (Lipinski definition) is 4. The van der Waals surface area contributed by atoms with Crippen LogP contribution in [0.4, 0.5) is 0 Å². The molecule has 6 heteroatoms. The number of thioether (sulfide) groups is 1. The third kappa shape index (κ3) is 3.20. The quantitative estimate of drug-likeness (QED) is 0.714. The van der Waals surface area contributed by atoms with Crippen LogP contribution in [0.3, 0.4) is 0 Å². The Morgan fingerprint density at radius 2 is 2.04 bits per heavy atom. The summed E-state index contributed by atoms with van der Waals surface area (Å²) in [6, 6.07) is 15.4. The van der Waals surface area contributed by atoms with Crippen molar-refractivity contribution in [1.82, 2.24) is 14.9 Å². The molecule has 1 aromatic heterocycles. The highest BCUT2D eigenvalue weighted by Crippen LogP contribution is 2.31. The molecule has 26 heavy (non-hydrogen) atoms. The number of aromatic nitrogens is 2. The van der Waals surface area contributed by atoms with E-state index in [0.717, 1.165) is 28.6 Å². The average molecular weight is 365 g/mol. The molecule has 1 aliphatic heterocycles. The topological polar surface area (TPSA) is 56.2 Å². The van der Waals surface area contributed by atoms with Gasteiger partial charge < -0.3 is 10.1 Å². The minimum absolute atomic E-state index is 0.0242. The number of hydrogen-bond donors (Lipinski definition) is 1. The first-order valence-electron chi connectivity index (χ1n) is 8.46. The van der Waals surface area contributed by atoms with Gasteiger partial charge in [-0.3, -0.25) is 9.36 Å². The Morgan fingerprint density at radius 1 is 1.23 bits per heavy atom. The lowest BCUT2D eigenvalue weighted by Gasteiger charge is -2.26. The predicted molar refractivity (Wildman–Crippen MR) is 102 cm³/mol. The first-order chi connectivity index (χ1) is 12.8. The maximum Gasteiger partial charge on any atom is 0.251 e. The molecule has 0 fully saturated rings. The number of amides is 1. The first-order valence-corrected chi connectivity index (χ1v) is 9.69. The van der Waals surface area contributed by atoms with E-state index in [1.807, 2.05) is 65.6 Å². The monoisotopic (exact) mass is 365 g/mol. The Labute approximate surface area is 156 Å². The fourth-order valence-electron chi connectivity index (χ4n) is 3.14. The van der Waals surface area contributed by atoms with Crippen LogP contribution in [0.5, 0.6) is 5.75 Å². The molecule has 2 aromatic carbocycles. The van der Waals surface area contributed by atoms with Crippen LogP contribution >= 0.6 is 11.8 Å². The maximum absolute atomic E-state index is 12.7. The van der Waals surface area contributed by atoms with Gasteiger partial charge in [-0.1, -0.05) is 30.0 Å². The minimum Gasteiger partial charge on any atom is -0.493 e. The number of ether oxygens (including phenoxy) is 1. The molecule has 0 spiro atoms. The SMILES string of the molecule is CSc1nccn1-c1ccc(C(=O)N[C@H]2CCOc3ccccc32)cc1. The molecule has 1 atom stereocenters. The van der Waals surface area contributed by atoms with Crippen molar-refractivity contribution in [2.75, 3.05) is 12.9 Å². The first kappa shape index (κ1) is 16.7. The molecular formula is C20H19N3O2S. The standard InChI is InChI=1S/C20H19N3O2S/c1-26-20-21-11-12-23(20)15-8-6-14(7-9-15)19(24)22-17-10-13-25-18-5-3-2-4-16(17)18/h2-9,11-12,17H,10,13H2,1H3,(H,22,24)/t17-/m0/s1. The maximum atomic E-state index is 12.7. The lowest BCUT2D eigenvalue weighted by Crippen LogP contribution is -2.32. The van der Waals surface area contributed by atoms with E-state index in [0.29, 0.717) is 12.2 Å². The number of imidazole rings is 1. The summed E-state index contributed by atoms with van der Waals surface area (Å²) in [5.74, 6) is 0.776. The van der Waals surface area contributed by atoms with Gasteiger partial charge in [0.1, 0.15) is 5.75 Å². The highest BCUT2D eigenvalue weighted by Gasteiger charge is 2.23. The Balaban J connectivity index is 1.51. The number of nitrogens with one attached hydrogen (secondary N) is 1. The van der Waals surface area contributed by atoms with Crippen LogP contribution in [0.25, 0.3) is 5.69 Å². The van der Waals surface area contributed by atoms with Crippen LogP contribution in [0.2, 0.25) is 0 Å². The van der Waals surface area contributed by atoms with Crippen molar-refractivity contribution in [1.29, 1.82) is 0 Å². The van der Waals surface area contributed by atoms with E-state index in [2.05, 4.69) is 10.3 Å². The highest BCUT2D eigenvalue weighted by molar-refractivity contribution is 7.98. The van der Waals surface area contributed by atoms with Gasteiger partial charge in [0, 0.05) is 35.6 Å². The van der Waals surface area contributed by atoms with Crippen LogP contribution in [0.15, 0.2) is 66.1 Å². The summed E-state index contributed by atoms with van der Waals surface area (Å²) in [6.07, 6.45) is 6.45. The third-order valence-corrected chi connectivity index (χ3v) is 5.13. The molecule has 4 rings (SSSR count). The van der Waals surface area contributed by atoms with Crippen molar-refractivity contribution in [3.8, 4) is 11.4 Å². The molecule has 2 heterocycles. The fourth-order valence-corrected chi connectivity index (χ4v) is 3.67. The van der Waals surface area contributed by atoms with Crippen LogP contribution in [0, 0.1) is 0 Å². The van der Waals surface area contributed by atoms with Gasteiger partial charge in [0.15, 0.2) is 5.16 Å². The number of nitrogens with zero attached hydrogens (tertiary/aromatic N) is 2. The van der Waals surface area contributed by atoms with Gasteiger partial charge in [-0.25, -0.2) is 4.98 Å². The van der Waals surface area contributed by atoms with Crippen LogP contribution in [-0.2, 0) is 0 Å². The van der Waals surface area contributed by atoms with Crippen molar-refractivity contribution in [3.63, 3.8) is 0 Å². The summed E-state index contributed by atoms with van der Waals surface area (Å²) in [5, 5.41) is 4.04. The molecular weight excluding hydrogens is 346 g/mol. The highest BCUT2D eigenvalue weighted by atomic mass is 32.2. The van der Waals surface area contributed by atoms with E-state index in [1.165, 1.54) is 0 Å². The van der Waals surface area contributed by atoms with E-state index in [9.17, 15) is 4.79 Å². The summed E-state index contributed by atoms with van der Waals surface area (Å²) >= 11 is 1.58. The average Bonchev–Trinajstić information content (AvgIpc) is 3.17. The second kappa shape index (κ2) is 7.25. The molecule has 3 aromatic rings. The van der Waals surface area contributed by atoms with E-state index in [-0.39, 0.29) is 11.9 Å². The lowest BCUT2D eigenvalue weighted by atomic mass is 10.00. The zero-order valence-electron chi connectivity index (χ0n) is 14.4. The number of carbonyl (C=O) groups is 1. The second-order valence-corrected chi connectivity index (χ2v) is 6.81. The van der Waals surface area contributed by atoms with Crippen LogP contribution < -0.4 is 10.1 Å². The molecule has 0 aliphatic carbocycles. The van der Waals surface area contributed by atoms with Crippen molar-refractivity contribution < 1.29 is 9.53 Å². The molecule has 0 saturated heterocycles. The second-order valence-electron chi connectivity index (χ2n) is 6.03. The molecule has 0 bridgehead atoms. The van der Waals surface area contributed by atoms with Crippen molar-refractivity contribution in [2.45, 2.75) is 17.6 Å². The van der Waals surface area contributed by atoms with Crippen molar-refractivity contribution >= 4 is 17.7 Å². The van der Waals surface area contributed by atoms with Crippen molar-refractivity contribution in [2.24, 2.45) is 0 Å². The third-order valence-electron chi connectivity index (χ3n) is 4.46. The van der Waals surface area contributed by atoms with Gasteiger partial charge in [0.2, 0.25) is 0 Å². The Kier molecular flexibility index (Phi) is 4.67. The summed E-state index contributed by atoms with van der Waals surface area (Å²) in [7, 11) is 0. The van der Waals surface area contributed by atoms with E-state index >= 15 is 0 Å². The molecule has 1 amide bonds. The Bertz CT molecular complexity index is 921. The number of rotatable bonds is 4. The van der Waals surface area contributed by atoms with E-state index < -0.39 is 0 Å². The molecule has 1 N–H and O–H groups in total. The largest absolute Gasteiger partial charge is 0.493 e. The lowest BCUT2D eigenvalue weighted by molar-refractivity contribution is 0.0925. The number of fused-ring (bicyclic) bond motifs is 1. The molecule has 0 radical (unpaired) electrons. The van der Waals surface area contributed by atoms with E-state index in [1.54, 1.807) is 18.0 Å². The zero-order valence-corrected chi connectivity index (χ0v) is 15.2. The molecule has 132 valence electrons. The smallest absolute Gasteiger partial charge is 0.251 e. The zero-order chi connectivity index (χ0) is 17.9. The Hall–Kier alpha value is -2.73. The van der Waals surface area contributed by atoms with Crippen LogP contribution in [-0.4, -0.2) is 28.3 Å². The van der Waals surface area contributed by atoms with Crippen LogP contribution in [0.1, 0.15) is 28.4 Å². The minimum atomic E-state index is -0.0750. The van der Waals surface area contributed by atoms with Gasteiger partial charge in [-0.05, 0) is 36.6 Å². The number of para-hydroxylation sites is 1. The normalized spacial score (nSPS) is 15.8. The Morgan fingerprint density at radius 3 is 2.85 bits per heavy atom. The van der Waals surface area contributed by atoms with E-state index in [4.69, 9.17) is 4.74 Å². The predicted octanol–water partition coefficient (Wildman–Crippen LogP) is 3.85. The van der Waals surface area contributed by atoms with Gasteiger partial charge in [0.25, 0.3) is 5.91 Å². The summed E-state index contributed by atoms with van der Waals surface area (Å²) < 4.78 is 7.66. The fraction of sp³-hybridized carbons (Fsp3) is 0.200. The molecule has 1 aliphatic rings. The molecule has 5 nitrogen and oxygen atoms in total. The number of benzene rings is 2. The summed E-state index contributed by atoms with van der Waals surface area (Å²) in [5.41, 5.74) is 2.66. The van der Waals surface area contributed by atoms with Gasteiger partial charge in [-0.15, -0.1) is 0 Å². The summed E-state index contributed by atoms with van der Waals surface area (Å²) in [6.45, 7) is 0.610. The van der Waals surface area contributed by atoms with Gasteiger partial charge in [-0.2, -0.15) is 0 Å². The summed E-state index contributed by atoms with van der Waals surface area (Å²) in [4.78, 5) is 17.0. The van der Waals surface area contributed by atoms with Gasteiger partial charge >= 0.3 is 0 Å². The molecule has 0 saturated carbocycles. The van der Waals surface area contributed by atoms with Crippen molar-refractivity contribution in [3.05, 3.63) is 72.1 Å². The van der Waals surface area contributed by atoms with Gasteiger partial charge in [0.05, 0.1) is 12.6 Å².